The Bertz CT molecular complexity index is 422. The van der Waals surface area contributed by atoms with Gasteiger partial charge in [-0.15, -0.1) is 11.3 Å². The Morgan fingerprint density at radius 2 is 2.12 bits per heavy atom. The number of aromatic nitrogens is 1. The van der Waals surface area contributed by atoms with Gasteiger partial charge in [0.2, 0.25) is 0 Å². The highest BCUT2D eigenvalue weighted by atomic mass is 32.1. The topological polar surface area (TPSA) is 76.2 Å². The molecule has 0 aromatic carbocycles. The van der Waals surface area contributed by atoms with Crippen molar-refractivity contribution in [1.29, 1.82) is 0 Å². The average Bonchev–Trinajstić information content (AvgIpc) is 2.74. The zero-order chi connectivity index (χ0) is 12.5. The minimum atomic E-state index is -0.884. The van der Waals surface area contributed by atoms with E-state index in [9.17, 15) is 4.79 Å². The van der Waals surface area contributed by atoms with Gasteiger partial charge in [0.05, 0.1) is 11.2 Å². The molecule has 17 heavy (non-hydrogen) atoms. The van der Waals surface area contributed by atoms with Crippen molar-refractivity contribution in [2.45, 2.75) is 51.0 Å². The van der Waals surface area contributed by atoms with Crippen LogP contribution in [0.2, 0.25) is 0 Å². The number of hydrogen-bond acceptors (Lipinski definition) is 4. The molecule has 1 saturated carbocycles. The van der Waals surface area contributed by atoms with E-state index in [0.717, 1.165) is 30.7 Å². The van der Waals surface area contributed by atoms with Crippen LogP contribution in [0.4, 0.5) is 0 Å². The van der Waals surface area contributed by atoms with Crippen LogP contribution in [0.3, 0.4) is 0 Å². The molecule has 3 N–H and O–H groups in total. The smallest absolute Gasteiger partial charge is 0.347 e. The van der Waals surface area contributed by atoms with Crippen molar-refractivity contribution in [2.24, 2.45) is 5.73 Å². The molecule has 1 fully saturated rings. The van der Waals surface area contributed by atoms with Gasteiger partial charge in [-0.05, 0) is 19.3 Å². The molecule has 0 bridgehead atoms. The Kier molecular flexibility index (Phi) is 3.49. The monoisotopic (exact) mass is 254 g/mol. The third-order valence-corrected chi connectivity index (χ3v) is 4.70. The number of rotatable bonds is 3. The second-order valence-electron chi connectivity index (χ2n) is 4.67. The van der Waals surface area contributed by atoms with E-state index >= 15 is 0 Å². The van der Waals surface area contributed by atoms with Crippen LogP contribution in [0.1, 0.15) is 59.4 Å². The fourth-order valence-electron chi connectivity index (χ4n) is 2.37. The van der Waals surface area contributed by atoms with Gasteiger partial charge in [-0.1, -0.05) is 26.2 Å². The predicted molar refractivity (Wildman–Crippen MR) is 67.4 cm³/mol. The average molecular weight is 254 g/mol. The van der Waals surface area contributed by atoms with Crippen LogP contribution < -0.4 is 5.73 Å². The van der Waals surface area contributed by atoms with Crippen LogP contribution in [0.5, 0.6) is 0 Å². The molecule has 1 aromatic rings. The summed E-state index contributed by atoms with van der Waals surface area (Å²) in [5, 5.41) is 9.93. The largest absolute Gasteiger partial charge is 0.477 e. The Balaban J connectivity index is 2.35. The molecule has 0 unspecified atom stereocenters. The van der Waals surface area contributed by atoms with E-state index in [1.54, 1.807) is 0 Å². The van der Waals surface area contributed by atoms with Crippen molar-refractivity contribution in [1.82, 2.24) is 4.98 Å². The molecule has 4 nitrogen and oxygen atoms in total. The first-order valence-corrected chi connectivity index (χ1v) is 6.91. The van der Waals surface area contributed by atoms with Gasteiger partial charge < -0.3 is 10.8 Å². The van der Waals surface area contributed by atoms with Crippen molar-refractivity contribution in [3.05, 3.63) is 15.6 Å². The Morgan fingerprint density at radius 1 is 1.47 bits per heavy atom. The molecule has 1 aliphatic carbocycles. The molecule has 0 amide bonds. The molecule has 0 aliphatic heterocycles. The predicted octanol–water partition coefficient (Wildman–Crippen LogP) is 2.52. The van der Waals surface area contributed by atoms with Crippen molar-refractivity contribution < 1.29 is 9.90 Å². The number of nitrogens with zero attached hydrogens (tertiary/aromatic N) is 1. The van der Waals surface area contributed by atoms with Gasteiger partial charge in [-0.2, -0.15) is 0 Å². The van der Waals surface area contributed by atoms with E-state index in [4.69, 9.17) is 10.8 Å². The van der Waals surface area contributed by atoms with Gasteiger partial charge >= 0.3 is 5.97 Å². The number of aromatic carboxylic acids is 1. The lowest BCUT2D eigenvalue weighted by Gasteiger charge is -2.31. The van der Waals surface area contributed by atoms with Crippen molar-refractivity contribution in [3.8, 4) is 0 Å². The third kappa shape index (κ3) is 2.35. The molecule has 0 spiro atoms. The summed E-state index contributed by atoms with van der Waals surface area (Å²) in [7, 11) is 0. The number of aryl methyl sites for hydroxylation is 1. The first-order chi connectivity index (χ1) is 8.07. The molecule has 1 aliphatic rings. The second-order valence-corrected chi connectivity index (χ2v) is 5.67. The van der Waals surface area contributed by atoms with Gasteiger partial charge in [0.25, 0.3) is 0 Å². The van der Waals surface area contributed by atoms with E-state index in [0.29, 0.717) is 17.0 Å². The number of carbonyl (C=O) groups is 1. The molecule has 2 rings (SSSR count). The third-order valence-electron chi connectivity index (χ3n) is 3.40. The molecule has 0 radical (unpaired) electrons. The first-order valence-electron chi connectivity index (χ1n) is 6.09. The standard InChI is InChI=1S/C12H18N2O2S/c1-2-8-9(10(15)16)17-11(14-8)12(13)6-4-3-5-7-12/h2-7,13H2,1H3,(H,15,16). The SMILES string of the molecule is CCc1nc(C2(N)CCCCC2)sc1C(=O)O. The van der Waals surface area contributed by atoms with Gasteiger partial charge in [-0.25, -0.2) is 9.78 Å². The molecule has 0 atom stereocenters. The highest BCUT2D eigenvalue weighted by molar-refractivity contribution is 7.13. The number of carboxylic acids is 1. The summed E-state index contributed by atoms with van der Waals surface area (Å²) < 4.78 is 0. The van der Waals surface area contributed by atoms with Crippen LogP contribution in [0.25, 0.3) is 0 Å². The second kappa shape index (κ2) is 4.74. The summed E-state index contributed by atoms with van der Waals surface area (Å²) in [4.78, 5) is 15.9. The van der Waals surface area contributed by atoms with E-state index in [-0.39, 0.29) is 5.54 Å². The maximum Gasteiger partial charge on any atom is 0.347 e. The first kappa shape index (κ1) is 12.5. The molecule has 0 saturated heterocycles. The van der Waals surface area contributed by atoms with E-state index in [1.165, 1.54) is 17.8 Å². The van der Waals surface area contributed by atoms with Gasteiger partial charge in [-0.3, -0.25) is 0 Å². The molecule has 94 valence electrons. The fourth-order valence-corrected chi connectivity index (χ4v) is 3.52. The highest BCUT2D eigenvalue weighted by Crippen LogP contribution is 2.37. The summed E-state index contributed by atoms with van der Waals surface area (Å²) in [6, 6.07) is 0. The molecular weight excluding hydrogens is 236 g/mol. The van der Waals surface area contributed by atoms with Gasteiger partial charge in [0, 0.05) is 0 Å². The van der Waals surface area contributed by atoms with Crippen LogP contribution in [-0.4, -0.2) is 16.1 Å². The molecule has 1 aromatic heterocycles. The van der Waals surface area contributed by atoms with E-state index < -0.39 is 5.97 Å². The minimum absolute atomic E-state index is 0.359. The van der Waals surface area contributed by atoms with Crippen LogP contribution in [-0.2, 0) is 12.0 Å². The fraction of sp³-hybridized carbons (Fsp3) is 0.667. The van der Waals surface area contributed by atoms with Crippen molar-refractivity contribution in [3.63, 3.8) is 0 Å². The summed E-state index contributed by atoms with van der Waals surface area (Å²) in [5.41, 5.74) is 6.66. The summed E-state index contributed by atoms with van der Waals surface area (Å²) in [6.45, 7) is 1.93. The number of carboxylic acid groups (broad SMARTS) is 1. The summed E-state index contributed by atoms with van der Waals surface area (Å²) in [5.74, 6) is -0.884. The van der Waals surface area contributed by atoms with Crippen molar-refractivity contribution >= 4 is 17.3 Å². The maximum atomic E-state index is 11.1. The lowest BCUT2D eigenvalue weighted by molar-refractivity contribution is 0.0701. The zero-order valence-corrected chi connectivity index (χ0v) is 10.8. The van der Waals surface area contributed by atoms with Crippen LogP contribution in [0, 0.1) is 0 Å². The normalized spacial score (nSPS) is 19.2. The molecule has 1 heterocycles. The summed E-state index contributed by atoms with van der Waals surface area (Å²) >= 11 is 1.26. The Morgan fingerprint density at radius 3 is 2.59 bits per heavy atom. The minimum Gasteiger partial charge on any atom is -0.477 e. The number of nitrogens with two attached hydrogens (primary N) is 1. The lowest BCUT2D eigenvalue weighted by Crippen LogP contribution is -2.38. The Labute approximate surface area is 105 Å². The number of hydrogen-bond donors (Lipinski definition) is 2. The molecule has 5 heteroatoms. The van der Waals surface area contributed by atoms with Gasteiger partial charge in [0.1, 0.15) is 9.88 Å². The Hall–Kier alpha value is -0.940. The van der Waals surface area contributed by atoms with Crippen LogP contribution in [0.15, 0.2) is 0 Å². The maximum absolute atomic E-state index is 11.1. The quantitative estimate of drug-likeness (QED) is 0.869. The highest BCUT2D eigenvalue weighted by Gasteiger charge is 2.34. The van der Waals surface area contributed by atoms with E-state index in [1.807, 2.05) is 6.92 Å². The summed E-state index contributed by atoms with van der Waals surface area (Å²) in [6.07, 6.45) is 5.93. The van der Waals surface area contributed by atoms with Crippen molar-refractivity contribution in [2.75, 3.05) is 0 Å². The molecular formula is C12H18N2O2S. The zero-order valence-electron chi connectivity index (χ0n) is 10.0. The van der Waals surface area contributed by atoms with Gasteiger partial charge in [0.15, 0.2) is 0 Å². The van der Waals surface area contributed by atoms with Crippen LogP contribution >= 0.6 is 11.3 Å². The number of thiazole rings is 1. The van der Waals surface area contributed by atoms with E-state index in [2.05, 4.69) is 4.98 Å². The lowest BCUT2D eigenvalue weighted by atomic mass is 9.83.